The second-order valence-electron chi connectivity index (χ2n) is 4.39. The van der Waals surface area contributed by atoms with E-state index in [-0.39, 0.29) is 5.69 Å². The number of aryl methyl sites for hydroxylation is 1. The fourth-order valence-corrected chi connectivity index (χ4v) is 2.23. The molecule has 1 heterocycles. The van der Waals surface area contributed by atoms with E-state index in [1.54, 1.807) is 13.0 Å². The Morgan fingerprint density at radius 3 is 2.68 bits per heavy atom. The molecule has 0 aliphatic heterocycles. The maximum absolute atomic E-state index is 11.3. The molecule has 0 saturated heterocycles. The van der Waals surface area contributed by atoms with Gasteiger partial charge >= 0.3 is 5.97 Å². The van der Waals surface area contributed by atoms with Crippen LogP contribution in [0.15, 0.2) is 48.5 Å². The van der Waals surface area contributed by atoms with Gasteiger partial charge in [0.25, 0.3) is 0 Å². The predicted molar refractivity (Wildman–Crippen MR) is 72.8 cm³/mol. The number of rotatable bonds is 2. The number of hydrogen-bond donors (Lipinski definition) is 1. The summed E-state index contributed by atoms with van der Waals surface area (Å²) in [5, 5.41) is 15.6. The number of benzene rings is 2. The molecule has 0 amide bonds. The van der Waals surface area contributed by atoms with Gasteiger partial charge in [-0.2, -0.15) is 5.10 Å². The van der Waals surface area contributed by atoms with Crippen LogP contribution < -0.4 is 0 Å². The van der Waals surface area contributed by atoms with Crippen molar-refractivity contribution in [2.75, 3.05) is 0 Å². The Morgan fingerprint density at radius 1 is 1.16 bits per heavy atom. The van der Waals surface area contributed by atoms with Crippen molar-refractivity contribution in [3.63, 3.8) is 0 Å². The molecule has 1 aromatic heterocycles. The summed E-state index contributed by atoms with van der Waals surface area (Å²) in [4.78, 5) is 11.3. The Kier molecular flexibility index (Phi) is 2.56. The average Bonchev–Trinajstić information content (AvgIpc) is 2.80. The zero-order chi connectivity index (χ0) is 13.4. The summed E-state index contributed by atoms with van der Waals surface area (Å²) in [5.74, 6) is -0.978. The molecule has 0 bridgehead atoms. The van der Waals surface area contributed by atoms with E-state index in [0.717, 1.165) is 16.5 Å². The summed E-state index contributed by atoms with van der Waals surface area (Å²) in [6, 6.07) is 15.2. The topological polar surface area (TPSA) is 55.1 Å². The van der Waals surface area contributed by atoms with Crippen LogP contribution in [0, 0.1) is 6.92 Å². The second-order valence-corrected chi connectivity index (χ2v) is 4.39. The minimum absolute atomic E-state index is 0.175. The summed E-state index contributed by atoms with van der Waals surface area (Å²) >= 11 is 0. The molecular weight excluding hydrogens is 240 g/mol. The lowest BCUT2D eigenvalue weighted by atomic mass is 10.1. The summed E-state index contributed by atoms with van der Waals surface area (Å²) in [5.41, 5.74) is 1.64. The van der Waals surface area contributed by atoms with Gasteiger partial charge in [0.05, 0.1) is 11.4 Å². The van der Waals surface area contributed by atoms with E-state index in [1.807, 2.05) is 42.5 Å². The Morgan fingerprint density at radius 2 is 1.89 bits per heavy atom. The van der Waals surface area contributed by atoms with Crippen molar-refractivity contribution in [2.24, 2.45) is 0 Å². The van der Waals surface area contributed by atoms with Gasteiger partial charge in [0, 0.05) is 5.39 Å². The Balaban J connectivity index is 2.33. The zero-order valence-electron chi connectivity index (χ0n) is 10.4. The molecule has 3 aromatic rings. The van der Waals surface area contributed by atoms with E-state index in [0.29, 0.717) is 5.69 Å². The van der Waals surface area contributed by atoms with Crippen molar-refractivity contribution in [3.8, 4) is 5.69 Å². The first kappa shape index (κ1) is 11.5. The van der Waals surface area contributed by atoms with Gasteiger partial charge in [-0.15, -0.1) is 0 Å². The van der Waals surface area contributed by atoms with Crippen molar-refractivity contribution >= 4 is 16.7 Å². The third-order valence-corrected chi connectivity index (χ3v) is 3.05. The van der Waals surface area contributed by atoms with Gasteiger partial charge in [-0.1, -0.05) is 36.4 Å². The summed E-state index contributed by atoms with van der Waals surface area (Å²) in [6.07, 6.45) is 0. The lowest BCUT2D eigenvalue weighted by Crippen LogP contribution is -2.08. The lowest BCUT2D eigenvalue weighted by Gasteiger charge is -2.08. The SMILES string of the molecule is Cc1cc(C(=O)O)n(-c2cccc3ccccc23)n1. The number of aromatic carboxylic acids is 1. The van der Waals surface area contributed by atoms with Crippen molar-refractivity contribution in [1.29, 1.82) is 0 Å². The molecule has 3 rings (SSSR count). The second kappa shape index (κ2) is 4.24. The van der Waals surface area contributed by atoms with Crippen molar-refractivity contribution < 1.29 is 9.90 Å². The molecule has 1 N–H and O–H groups in total. The van der Waals surface area contributed by atoms with E-state index >= 15 is 0 Å². The molecule has 0 fully saturated rings. The summed E-state index contributed by atoms with van der Waals surface area (Å²) in [6.45, 7) is 1.79. The molecular formula is C15H12N2O2. The number of carboxylic acid groups (broad SMARTS) is 1. The van der Waals surface area contributed by atoms with E-state index in [9.17, 15) is 9.90 Å². The molecule has 0 saturated carbocycles. The molecule has 0 unspecified atom stereocenters. The van der Waals surface area contributed by atoms with Gasteiger partial charge in [-0.3, -0.25) is 0 Å². The zero-order valence-corrected chi connectivity index (χ0v) is 10.4. The van der Waals surface area contributed by atoms with Gasteiger partial charge < -0.3 is 5.11 Å². The van der Waals surface area contributed by atoms with Gasteiger partial charge in [-0.25, -0.2) is 9.48 Å². The van der Waals surface area contributed by atoms with Crippen LogP contribution in [-0.2, 0) is 0 Å². The number of aromatic nitrogens is 2. The van der Waals surface area contributed by atoms with Crippen molar-refractivity contribution in [2.45, 2.75) is 6.92 Å². The standard InChI is InChI=1S/C15H12N2O2/c1-10-9-14(15(18)19)17(16-10)13-8-4-6-11-5-2-3-7-12(11)13/h2-9H,1H3,(H,18,19). The fourth-order valence-electron chi connectivity index (χ4n) is 2.23. The maximum Gasteiger partial charge on any atom is 0.354 e. The highest BCUT2D eigenvalue weighted by Gasteiger charge is 2.15. The van der Waals surface area contributed by atoms with E-state index in [1.165, 1.54) is 4.68 Å². The molecule has 19 heavy (non-hydrogen) atoms. The predicted octanol–water partition coefficient (Wildman–Crippen LogP) is 3.03. The quantitative estimate of drug-likeness (QED) is 0.762. The van der Waals surface area contributed by atoms with Crippen LogP contribution >= 0.6 is 0 Å². The number of fused-ring (bicyclic) bond motifs is 1. The molecule has 0 atom stereocenters. The molecule has 0 spiro atoms. The van der Waals surface area contributed by atoms with Crippen molar-refractivity contribution in [1.82, 2.24) is 9.78 Å². The largest absolute Gasteiger partial charge is 0.477 e. The maximum atomic E-state index is 11.3. The van der Waals surface area contributed by atoms with Crippen LogP contribution in [0.5, 0.6) is 0 Å². The van der Waals surface area contributed by atoms with Crippen molar-refractivity contribution in [3.05, 3.63) is 59.9 Å². The molecule has 0 radical (unpaired) electrons. The monoisotopic (exact) mass is 252 g/mol. The molecule has 94 valence electrons. The Labute approximate surface area is 109 Å². The van der Waals surface area contributed by atoms with Crippen LogP contribution in [0.2, 0.25) is 0 Å². The normalized spacial score (nSPS) is 10.8. The first-order chi connectivity index (χ1) is 9.16. The van der Waals surface area contributed by atoms with E-state index in [4.69, 9.17) is 0 Å². The Bertz CT molecular complexity index is 769. The van der Waals surface area contributed by atoms with Gasteiger partial charge in [0.1, 0.15) is 0 Å². The number of carboxylic acids is 1. The number of carbonyl (C=O) groups is 1. The number of nitrogens with zero attached hydrogens (tertiary/aromatic N) is 2. The highest BCUT2D eigenvalue weighted by atomic mass is 16.4. The number of hydrogen-bond acceptors (Lipinski definition) is 2. The molecule has 4 heteroatoms. The first-order valence-electron chi connectivity index (χ1n) is 5.95. The highest BCUT2D eigenvalue weighted by molar-refractivity contribution is 5.92. The highest BCUT2D eigenvalue weighted by Crippen LogP contribution is 2.23. The van der Waals surface area contributed by atoms with Crippen LogP contribution in [0.25, 0.3) is 16.5 Å². The minimum Gasteiger partial charge on any atom is -0.477 e. The van der Waals surface area contributed by atoms with Crippen LogP contribution in [-0.4, -0.2) is 20.9 Å². The average molecular weight is 252 g/mol. The van der Waals surface area contributed by atoms with Gasteiger partial charge in [0.15, 0.2) is 5.69 Å². The smallest absolute Gasteiger partial charge is 0.354 e. The molecule has 2 aromatic carbocycles. The Hall–Kier alpha value is -2.62. The minimum atomic E-state index is -0.978. The van der Waals surface area contributed by atoms with Gasteiger partial charge in [-0.05, 0) is 24.4 Å². The van der Waals surface area contributed by atoms with Gasteiger partial charge in [0.2, 0.25) is 0 Å². The van der Waals surface area contributed by atoms with Crippen LogP contribution in [0.1, 0.15) is 16.2 Å². The molecule has 0 aliphatic carbocycles. The third kappa shape index (κ3) is 1.87. The fraction of sp³-hybridized carbons (Fsp3) is 0.0667. The summed E-state index contributed by atoms with van der Waals surface area (Å²) in [7, 11) is 0. The third-order valence-electron chi connectivity index (χ3n) is 3.05. The van der Waals surface area contributed by atoms with E-state index < -0.39 is 5.97 Å². The lowest BCUT2D eigenvalue weighted by molar-refractivity contribution is 0.0687. The van der Waals surface area contributed by atoms with Crippen LogP contribution in [0.3, 0.4) is 0 Å². The van der Waals surface area contributed by atoms with E-state index in [2.05, 4.69) is 5.10 Å². The molecule has 0 aliphatic rings. The molecule has 4 nitrogen and oxygen atoms in total. The summed E-state index contributed by atoms with van der Waals surface area (Å²) < 4.78 is 1.49. The first-order valence-corrected chi connectivity index (χ1v) is 5.95. The van der Waals surface area contributed by atoms with Crippen LogP contribution in [0.4, 0.5) is 0 Å².